The number of rotatable bonds is 6. The Morgan fingerprint density at radius 3 is 2.07 bits per heavy atom. The largest absolute Gasteiger partial charge is 0.273 e. The Hall–Kier alpha value is -2.09. The number of hydrazine groups is 1. The van der Waals surface area contributed by atoms with Crippen molar-refractivity contribution in [2.75, 3.05) is 5.75 Å². The molecule has 0 radical (unpaired) electrons. The van der Waals surface area contributed by atoms with Crippen LogP contribution >= 0.6 is 11.8 Å². The molecule has 4 aliphatic rings. The molecule has 1 aromatic rings. The highest BCUT2D eigenvalue weighted by Gasteiger charge is 2.51. The van der Waals surface area contributed by atoms with Crippen LogP contribution in [0.1, 0.15) is 44.9 Å². The third kappa shape index (κ3) is 4.32. The fraction of sp³-hybridized carbons (Fsp3) is 0.600. The van der Waals surface area contributed by atoms with Crippen LogP contribution in [0, 0.1) is 33.3 Å². The molecule has 7 nitrogen and oxygen atoms in total. The van der Waals surface area contributed by atoms with Crippen molar-refractivity contribution in [2.45, 2.75) is 49.8 Å². The molecule has 4 aliphatic carbocycles. The predicted molar refractivity (Wildman–Crippen MR) is 105 cm³/mol. The molecule has 0 atom stereocenters. The topological polar surface area (TPSA) is 101 Å². The van der Waals surface area contributed by atoms with Crippen LogP contribution in [-0.4, -0.2) is 22.5 Å². The van der Waals surface area contributed by atoms with E-state index in [9.17, 15) is 19.7 Å². The number of nitro groups is 1. The second-order valence-electron chi connectivity index (χ2n) is 8.73. The van der Waals surface area contributed by atoms with Crippen molar-refractivity contribution in [1.82, 2.24) is 10.9 Å². The molecule has 0 unspecified atom stereocenters. The Labute approximate surface area is 168 Å². The van der Waals surface area contributed by atoms with E-state index in [2.05, 4.69) is 10.9 Å². The molecule has 0 saturated heterocycles. The van der Waals surface area contributed by atoms with E-state index in [0.29, 0.717) is 6.42 Å². The van der Waals surface area contributed by atoms with Crippen molar-refractivity contribution in [1.29, 1.82) is 0 Å². The molecule has 150 valence electrons. The van der Waals surface area contributed by atoms with Gasteiger partial charge in [0.1, 0.15) is 0 Å². The molecule has 2 amide bonds. The van der Waals surface area contributed by atoms with Gasteiger partial charge in [-0.2, -0.15) is 0 Å². The number of thioether (sulfide) groups is 1. The van der Waals surface area contributed by atoms with Crippen molar-refractivity contribution in [3.05, 3.63) is 34.4 Å². The van der Waals surface area contributed by atoms with E-state index < -0.39 is 4.92 Å². The van der Waals surface area contributed by atoms with Crippen LogP contribution in [0.5, 0.6) is 0 Å². The number of carbonyl (C=O) groups is 2. The third-order valence-electron chi connectivity index (χ3n) is 6.46. The molecule has 2 N–H and O–H groups in total. The molecule has 4 saturated carbocycles. The summed E-state index contributed by atoms with van der Waals surface area (Å²) in [5.41, 5.74) is 5.24. The summed E-state index contributed by atoms with van der Waals surface area (Å²) in [6.07, 6.45) is 8.03. The van der Waals surface area contributed by atoms with Gasteiger partial charge in [0.2, 0.25) is 11.8 Å². The number of hydrogen-bond acceptors (Lipinski definition) is 5. The molecule has 0 aromatic heterocycles. The molecule has 0 spiro atoms. The summed E-state index contributed by atoms with van der Waals surface area (Å²) in [6, 6.07) is 6.05. The zero-order valence-corrected chi connectivity index (χ0v) is 16.5. The quantitative estimate of drug-likeness (QED) is 0.430. The maximum Gasteiger partial charge on any atom is 0.269 e. The first-order valence-corrected chi connectivity index (χ1v) is 10.8. The highest BCUT2D eigenvalue weighted by molar-refractivity contribution is 8.00. The van der Waals surface area contributed by atoms with Gasteiger partial charge >= 0.3 is 0 Å². The summed E-state index contributed by atoms with van der Waals surface area (Å²) in [5.74, 6) is 2.14. The monoisotopic (exact) mass is 403 g/mol. The van der Waals surface area contributed by atoms with E-state index in [1.807, 2.05) is 0 Å². The number of non-ortho nitro benzene ring substituents is 1. The van der Waals surface area contributed by atoms with Crippen molar-refractivity contribution in [3.8, 4) is 0 Å². The van der Waals surface area contributed by atoms with Gasteiger partial charge in [0.05, 0.1) is 10.7 Å². The molecule has 5 rings (SSSR count). The van der Waals surface area contributed by atoms with Gasteiger partial charge in [0.25, 0.3) is 5.69 Å². The molecule has 8 heteroatoms. The smallest absolute Gasteiger partial charge is 0.269 e. The minimum Gasteiger partial charge on any atom is -0.273 e. The lowest BCUT2D eigenvalue weighted by Gasteiger charge is -2.56. The summed E-state index contributed by atoms with van der Waals surface area (Å²) < 4.78 is 0. The van der Waals surface area contributed by atoms with Crippen molar-refractivity contribution >= 4 is 29.3 Å². The fourth-order valence-electron chi connectivity index (χ4n) is 5.88. The fourth-order valence-corrected chi connectivity index (χ4v) is 6.58. The predicted octanol–water partition coefficient (Wildman–Crippen LogP) is 3.44. The van der Waals surface area contributed by atoms with E-state index in [4.69, 9.17) is 0 Å². The standard InChI is InChI=1S/C20H25N3O4S/c24-18(11-20-8-13-5-14(9-20)7-15(6-13)10-20)21-22-19(25)12-28-17-3-1-16(2-4-17)23(26)27/h1-4,13-15H,5-12H2,(H,21,24)(H,22,25). The Bertz CT molecular complexity index is 745. The highest BCUT2D eigenvalue weighted by atomic mass is 32.2. The Balaban J connectivity index is 1.20. The molecular formula is C20H25N3O4S. The molecular weight excluding hydrogens is 378 g/mol. The lowest BCUT2D eigenvalue weighted by molar-refractivity contribution is -0.384. The minimum absolute atomic E-state index is 0.0192. The van der Waals surface area contributed by atoms with E-state index in [1.54, 1.807) is 12.1 Å². The molecule has 0 aliphatic heterocycles. The molecule has 4 bridgehead atoms. The average Bonchev–Trinajstić information content (AvgIpc) is 2.63. The SMILES string of the molecule is O=C(CSc1ccc([N+](=O)[O-])cc1)NNC(=O)CC12CC3CC(CC(C3)C1)C2. The summed E-state index contributed by atoms with van der Waals surface area (Å²) in [5, 5.41) is 10.7. The van der Waals surface area contributed by atoms with Crippen LogP contribution in [-0.2, 0) is 9.59 Å². The lowest BCUT2D eigenvalue weighted by Crippen LogP contribution is -2.50. The average molecular weight is 404 g/mol. The van der Waals surface area contributed by atoms with Crippen LogP contribution < -0.4 is 10.9 Å². The third-order valence-corrected chi connectivity index (χ3v) is 7.47. The summed E-state index contributed by atoms with van der Waals surface area (Å²) >= 11 is 1.27. The Morgan fingerprint density at radius 2 is 1.54 bits per heavy atom. The van der Waals surface area contributed by atoms with Crippen molar-refractivity contribution < 1.29 is 14.5 Å². The molecule has 0 heterocycles. The maximum absolute atomic E-state index is 12.4. The van der Waals surface area contributed by atoms with E-state index >= 15 is 0 Å². The van der Waals surface area contributed by atoms with E-state index in [1.165, 1.54) is 43.2 Å². The van der Waals surface area contributed by atoms with Gasteiger partial charge in [-0.05, 0) is 73.8 Å². The van der Waals surface area contributed by atoms with E-state index in [-0.39, 0.29) is 28.7 Å². The summed E-state index contributed by atoms with van der Waals surface area (Å²) in [6.45, 7) is 0. The zero-order valence-electron chi connectivity index (χ0n) is 15.7. The number of amides is 2. The Kier molecular flexibility index (Phi) is 5.31. The summed E-state index contributed by atoms with van der Waals surface area (Å²) in [4.78, 5) is 35.4. The highest BCUT2D eigenvalue weighted by Crippen LogP contribution is 2.61. The van der Waals surface area contributed by atoms with Gasteiger partial charge in [0.15, 0.2) is 0 Å². The molecule has 4 fully saturated rings. The van der Waals surface area contributed by atoms with Gasteiger partial charge in [-0.25, -0.2) is 0 Å². The first-order valence-electron chi connectivity index (χ1n) is 9.86. The Morgan fingerprint density at radius 1 is 1.00 bits per heavy atom. The second-order valence-corrected chi connectivity index (χ2v) is 9.78. The molecule has 28 heavy (non-hydrogen) atoms. The first-order chi connectivity index (χ1) is 13.4. The van der Waals surface area contributed by atoms with Crippen LogP contribution in [0.3, 0.4) is 0 Å². The lowest BCUT2D eigenvalue weighted by atomic mass is 9.49. The second kappa shape index (κ2) is 7.73. The number of carbonyl (C=O) groups excluding carboxylic acids is 2. The number of nitro benzene ring substituents is 1. The number of hydrogen-bond donors (Lipinski definition) is 2. The van der Waals surface area contributed by atoms with E-state index in [0.717, 1.165) is 41.9 Å². The van der Waals surface area contributed by atoms with Gasteiger partial charge in [0, 0.05) is 23.4 Å². The molecule has 1 aromatic carbocycles. The number of nitrogens with zero attached hydrogens (tertiary/aromatic N) is 1. The zero-order chi connectivity index (χ0) is 19.7. The van der Waals surface area contributed by atoms with Gasteiger partial charge in [-0.15, -0.1) is 11.8 Å². The van der Waals surface area contributed by atoms with Gasteiger partial charge in [-0.1, -0.05) is 0 Å². The number of nitrogens with one attached hydrogen (secondary N) is 2. The van der Waals surface area contributed by atoms with Crippen molar-refractivity contribution in [2.24, 2.45) is 23.2 Å². The van der Waals surface area contributed by atoms with Crippen LogP contribution in [0.25, 0.3) is 0 Å². The van der Waals surface area contributed by atoms with Crippen LogP contribution in [0.15, 0.2) is 29.2 Å². The van der Waals surface area contributed by atoms with Crippen LogP contribution in [0.2, 0.25) is 0 Å². The van der Waals surface area contributed by atoms with Gasteiger partial charge < -0.3 is 0 Å². The number of benzene rings is 1. The van der Waals surface area contributed by atoms with Crippen molar-refractivity contribution in [3.63, 3.8) is 0 Å². The van der Waals surface area contributed by atoms with Crippen LogP contribution in [0.4, 0.5) is 5.69 Å². The summed E-state index contributed by atoms with van der Waals surface area (Å²) in [7, 11) is 0. The maximum atomic E-state index is 12.4. The minimum atomic E-state index is -0.458. The normalized spacial score (nSPS) is 30.1. The van der Waals surface area contributed by atoms with Gasteiger partial charge in [-0.3, -0.25) is 30.6 Å². The first kappa shape index (κ1) is 19.2.